The van der Waals surface area contributed by atoms with E-state index in [1.165, 1.54) is 7.11 Å². The molecule has 0 rings (SSSR count). The summed E-state index contributed by atoms with van der Waals surface area (Å²) in [6.45, 7) is 2.15. The third kappa shape index (κ3) is 11.9. The fraction of sp³-hybridized carbons (Fsp3) is 1.00. The van der Waals surface area contributed by atoms with Crippen molar-refractivity contribution in [2.24, 2.45) is 0 Å². The molecule has 0 aliphatic rings. The first-order valence-electron chi connectivity index (χ1n) is 5.41. The second-order valence-electron chi connectivity index (χ2n) is 3.82. The van der Waals surface area contributed by atoms with Gasteiger partial charge in [0, 0.05) is 20.2 Å². The third-order valence-electron chi connectivity index (χ3n) is 1.94. The van der Waals surface area contributed by atoms with E-state index in [2.05, 4.69) is 5.32 Å². The fourth-order valence-electron chi connectivity index (χ4n) is 1.12. The van der Waals surface area contributed by atoms with Crippen molar-refractivity contribution in [1.82, 2.24) is 5.32 Å². The van der Waals surface area contributed by atoms with Crippen LogP contribution in [0.15, 0.2) is 0 Å². The van der Waals surface area contributed by atoms with Crippen LogP contribution in [0.1, 0.15) is 13.3 Å². The Bertz CT molecular complexity index is 190. The van der Waals surface area contributed by atoms with Gasteiger partial charge in [-0.25, -0.2) is 0 Å². The normalized spacial score (nSPS) is 15.9. The summed E-state index contributed by atoms with van der Waals surface area (Å²) in [6, 6.07) is 0. The van der Waals surface area contributed by atoms with Gasteiger partial charge >= 0.3 is 6.18 Å². The molecule has 7 heteroatoms. The molecular weight excluding hydrogens is 239 g/mol. The van der Waals surface area contributed by atoms with Crippen molar-refractivity contribution in [3.63, 3.8) is 0 Å². The Kier molecular flexibility index (Phi) is 8.49. The second-order valence-corrected chi connectivity index (χ2v) is 3.82. The van der Waals surface area contributed by atoms with Crippen molar-refractivity contribution < 1.29 is 27.8 Å². The van der Waals surface area contributed by atoms with Crippen LogP contribution in [0.25, 0.3) is 0 Å². The summed E-state index contributed by atoms with van der Waals surface area (Å²) in [6.07, 6.45) is -6.03. The highest BCUT2D eigenvalue weighted by Gasteiger charge is 2.26. The summed E-state index contributed by atoms with van der Waals surface area (Å²) in [5.74, 6) is 0. The summed E-state index contributed by atoms with van der Waals surface area (Å²) in [5.41, 5.74) is 0. The summed E-state index contributed by atoms with van der Waals surface area (Å²) >= 11 is 0. The predicted molar refractivity (Wildman–Crippen MR) is 56.8 cm³/mol. The van der Waals surface area contributed by atoms with E-state index in [0.717, 1.165) is 0 Å². The predicted octanol–water partition coefficient (Wildman–Crippen LogP) is 0.941. The van der Waals surface area contributed by atoms with Crippen LogP contribution in [0.5, 0.6) is 0 Å². The van der Waals surface area contributed by atoms with E-state index >= 15 is 0 Å². The van der Waals surface area contributed by atoms with Crippen LogP contribution >= 0.6 is 0 Å². The molecule has 2 N–H and O–H groups in total. The van der Waals surface area contributed by atoms with E-state index < -0.39 is 18.7 Å². The van der Waals surface area contributed by atoms with Crippen molar-refractivity contribution >= 4 is 0 Å². The molecule has 0 radical (unpaired) electrons. The molecule has 0 aromatic rings. The number of hydrogen-bond donors (Lipinski definition) is 2. The van der Waals surface area contributed by atoms with Gasteiger partial charge in [-0.3, -0.25) is 0 Å². The van der Waals surface area contributed by atoms with Gasteiger partial charge in [0.1, 0.15) is 0 Å². The van der Waals surface area contributed by atoms with Crippen LogP contribution in [0.4, 0.5) is 13.2 Å². The highest BCUT2D eigenvalue weighted by Crippen LogP contribution is 2.17. The average molecular weight is 259 g/mol. The monoisotopic (exact) mass is 259 g/mol. The summed E-state index contributed by atoms with van der Waals surface area (Å²) in [7, 11) is 1.54. The molecular formula is C10H20F3NO3. The topological polar surface area (TPSA) is 50.7 Å². The summed E-state index contributed by atoms with van der Waals surface area (Å²) < 4.78 is 45.4. The number of methoxy groups -OCH3 is 1. The van der Waals surface area contributed by atoms with Crippen LogP contribution in [0, 0.1) is 0 Å². The number of nitrogens with one attached hydrogen (secondary N) is 1. The van der Waals surface area contributed by atoms with Gasteiger partial charge in [-0.2, -0.15) is 13.2 Å². The number of aliphatic hydroxyl groups is 1. The number of rotatable bonds is 9. The lowest BCUT2D eigenvalue weighted by atomic mass is 10.3. The van der Waals surface area contributed by atoms with Crippen molar-refractivity contribution in [1.29, 1.82) is 0 Å². The molecule has 2 atom stereocenters. The van der Waals surface area contributed by atoms with Crippen LogP contribution in [-0.4, -0.2) is 56.9 Å². The lowest BCUT2D eigenvalue weighted by Crippen LogP contribution is -2.34. The Balaban J connectivity index is 3.43. The maximum Gasteiger partial charge on any atom is 0.390 e. The number of alkyl halides is 3. The molecule has 0 aromatic carbocycles. The minimum atomic E-state index is -4.17. The van der Waals surface area contributed by atoms with E-state index in [4.69, 9.17) is 9.47 Å². The molecule has 0 saturated carbocycles. The number of hydrogen-bond acceptors (Lipinski definition) is 4. The molecule has 0 amide bonds. The van der Waals surface area contributed by atoms with Crippen LogP contribution in [-0.2, 0) is 9.47 Å². The molecule has 0 bridgehead atoms. The van der Waals surface area contributed by atoms with Crippen LogP contribution in [0.3, 0.4) is 0 Å². The molecule has 0 saturated heterocycles. The third-order valence-corrected chi connectivity index (χ3v) is 1.94. The maximum atomic E-state index is 11.8. The van der Waals surface area contributed by atoms with Gasteiger partial charge < -0.3 is 19.9 Å². The summed E-state index contributed by atoms with van der Waals surface area (Å²) in [4.78, 5) is 0. The maximum absolute atomic E-state index is 11.8. The smallest absolute Gasteiger partial charge is 0.389 e. The zero-order chi connectivity index (χ0) is 13.3. The van der Waals surface area contributed by atoms with Gasteiger partial charge in [0.25, 0.3) is 0 Å². The van der Waals surface area contributed by atoms with Gasteiger partial charge in [-0.05, 0) is 6.92 Å². The van der Waals surface area contributed by atoms with E-state index in [1.54, 1.807) is 6.92 Å². The minimum Gasteiger partial charge on any atom is -0.389 e. The van der Waals surface area contributed by atoms with Gasteiger partial charge in [-0.15, -0.1) is 0 Å². The Morgan fingerprint density at radius 2 is 1.94 bits per heavy atom. The zero-order valence-corrected chi connectivity index (χ0v) is 10.1. The van der Waals surface area contributed by atoms with E-state index in [9.17, 15) is 18.3 Å². The van der Waals surface area contributed by atoms with Crippen molar-refractivity contribution in [3.8, 4) is 0 Å². The van der Waals surface area contributed by atoms with Crippen molar-refractivity contribution in [2.45, 2.75) is 31.7 Å². The molecule has 0 aromatic heterocycles. The molecule has 4 nitrogen and oxygen atoms in total. The number of halogens is 3. The highest BCUT2D eigenvalue weighted by molar-refractivity contribution is 4.61. The Morgan fingerprint density at radius 1 is 1.29 bits per heavy atom. The van der Waals surface area contributed by atoms with Crippen LogP contribution in [0.2, 0.25) is 0 Å². The molecule has 0 fully saturated rings. The lowest BCUT2D eigenvalue weighted by Gasteiger charge is -2.16. The first-order chi connectivity index (χ1) is 7.85. The highest BCUT2D eigenvalue weighted by atomic mass is 19.4. The van der Waals surface area contributed by atoms with Gasteiger partial charge in [0.2, 0.25) is 0 Å². The molecule has 0 aliphatic heterocycles. The molecule has 17 heavy (non-hydrogen) atoms. The van der Waals surface area contributed by atoms with E-state index in [1.807, 2.05) is 0 Å². The Morgan fingerprint density at radius 3 is 2.47 bits per heavy atom. The quantitative estimate of drug-likeness (QED) is 0.605. The van der Waals surface area contributed by atoms with Gasteiger partial charge in [0.05, 0.1) is 31.8 Å². The van der Waals surface area contributed by atoms with E-state index in [-0.39, 0.29) is 25.8 Å². The van der Waals surface area contributed by atoms with E-state index in [0.29, 0.717) is 6.61 Å². The Labute approximate surface area is 99.1 Å². The number of aliphatic hydroxyl groups excluding tert-OH is 1. The van der Waals surface area contributed by atoms with Crippen LogP contribution < -0.4 is 5.32 Å². The molecule has 2 unspecified atom stereocenters. The van der Waals surface area contributed by atoms with Gasteiger partial charge in [0.15, 0.2) is 0 Å². The zero-order valence-electron chi connectivity index (χ0n) is 10.1. The fourth-order valence-corrected chi connectivity index (χ4v) is 1.12. The first-order valence-corrected chi connectivity index (χ1v) is 5.41. The van der Waals surface area contributed by atoms with Crippen molar-refractivity contribution in [3.05, 3.63) is 0 Å². The largest absolute Gasteiger partial charge is 0.390 e. The summed E-state index contributed by atoms with van der Waals surface area (Å²) in [5, 5.41) is 11.9. The standard InChI is InChI=1S/C10H20F3NO3/c1-8(6-16-2)17-7-9(15)5-14-4-3-10(11,12)13/h8-9,14-15H,3-7H2,1-2H3. The molecule has 0 heterocycles. The SMILES string of the molecule is COCC(C)OCC(O)CNCCC(F)(F)F. The molecule has 104 valence electrons. The number of ether oxygens (including phenoxy) is 2. The molecule has 0 aliphatic carbocycles. The lowest BCUT2D eigenvalue weighted by molar-refractivity contribution is -0.133. The Hall–Kier alpha value is -0.370. The minimum absolute atomic E-state index is 0.0730. The average Bonchev–Trinajstić information content (AvgIpc) is 2.21. The van der Waals surface area contributed by atoms with Gasteiger partial charge in [-0.1, -0.05) is 0 Å². The van der Waals surface area contributed by atoms with Crippen molar-refractivity contribution in [2.75, 3.05) is 33.4 Å². The molecule has 0 spiro atoms. The first kappa shape index (κ1) is 16.6. The second kappa shape index (κ2) is 8.68.